The Morgan fingerprint density at radius 3 is 2.44 bits per heavy atom. The molecule has 0 bridgehead atoms. The number of nitrogens with two attached hydrogens (primary N) is 1. The van der Waals surface area contributed by atoms with Crippen molar-refractivity contribution in [3.8, 4) is 0 Å². The molecule has 1 rings (SSSR count). The van der Waals surface area contributed by atoms with Gasteiger partial charge in [-0.2, -0.15) is 0 Å². The van der Waals surface area contributed by atoms with Gasteiger partial charge >= 0.3 is 0 Å². The second kappa shape index (κ2) is 5.05. The normalized spacial score (nSPS) is 31.3. The molecule has 2 nitrogen and oxygen atoms in total. The van der Waals surface area contributed by atoms with Crippen molar-refractivity contribution < 1.29 is 0 Å². The molecule has 0 aromatic carbocycles. The number of nitrogens with zero attached hydrogens (tertiary/aromatic N) is 1. The standard InChI is InChI=1S/C14H30N2/c1-6-12-9-8-10-14(12,11-15)16(5)13(3,4)7-2/h12H,6-11,15H2,1-5H3. The fraction of sp³-hybridized carbons (Fsp3) is 1.00. The Morgan fingerprint density at radius 2 is 2.00 bits per heavy atom. The molecule has 0 heterocycles. The molecule has 16 heavy (non-hydrogen) atoms. The lowest BCUT2D eigenvalue weighted by Crippen LogP contribution is -2.61. The molecule has 2 atom stereocenters. The molecule has 1 aliphatic rings. The van der Waals surface area contributed by atoms with Crippen LogP contribution in [0.15, 0.2) is 0 Å². The van der Waals surface area contributed by atoms with Crippen LogP contribution in [0.25, 0.3) is 0 Å². The summed E-state index contributed by atoms with van der Waals surface area (Å²) in [6.07, 6.45) is 6.43. The van der Waals surface area contributed by atoms with Crippen molar-refractivity contribution in [2.45, 2.75) is 70.9 Å². The van der Waals surface area contributed by atoms with E-state index in [1.54, 1.807) is 0 Å². The molecular weight excluding hydrogens is 196 g/mol. The van der Waals surface area contributed by atoms with Crippen LogP contribution in [0.2, 0.25) is 0 Å². The van der Waals surface area contributed by atoms with E-state index in [0.29, 0.717) is 0 Å². The number of hydrogen-bond acceptors (Lipinski definition) is 2. The summed E-state index contributed by atoms with van der Waals surface area (Å²) >= 11 is 0. The van der Waals surface area contributed by atoms with Gasteiger partial charge in [0.2, 0.25) is 0 Å². The smallest absolute Gasteiger partial charge is 0.0361 e. The summed E-state index contributed by atoms with van der Waals surface area (Å²) in [5, 5.41) is 0. The highest BCUT2D eigenvalue weighted by atomic mass is 15.2. The minimum atomic E-state index is 0.258. The predicted octanol–water partition coefficient (Wildman–Crippen LogP) is 3.01. The molecule has 2 heteroatoms. The third-order valence-electron chi connectivity index (χ3n) is 5.21. The summed E-state index contributed by atoms with van der Waals surface area (Å²) < 4.78 is 0. The average molecular weight is 226 g/mol. The van der Waals surface area contributed by atoms with Crippen molar-refractivity contribution in [1.82, 2.24) is 4.90 Å². The van der Waals surface area contributed by atoms with Crippen LogP contribution in [0.4, 0.5) is 0 Å². The Balaban J connectivity index is 2.95. The fourth-order valence-electron chi connectivity index (χ4n) is 3.40. The maximum Gasteiger partial charge on any atom is 0.0361 e. The van der Waals surface area contributed by atoms with E-state index in [-0.39, 0.29) is 11.1 Å². The topological polar surface area (TPSA) is 29.3 Å². The summed E-state index contributed by atoms with van der Waals surface area (Å²) in [6, 6.07) is 0. The van der Waals surface area contributed by atoms with Gasteiger partial charge in [0.1, 0.15) is 0 Å². The zero-order chi connectivity index (χ0) is 12.4. The first-order valence-electron chi connectivity index (χ1n) is 6.88. The van der Waals surface area contributed by atoms with E-state index in [0.717, 1.165) is 12.5 Å². The fourth-order valence-corrected chi connectivity index (χ4v) is 3.40. The molecule has 96 valence electrons. The van der Waals surface area contributed by atoms with Crippen molar-refractivity contribution in [2.24, 2.45) is 11.7 Å². The molecule has 0 radical (unpaired) electrons. The molecule has 0 aromatic rings. The van der Waals surface area contributed by atoms with Gasteiger partial charge in [0.25, 0.3) is 0 Å². The molecule has 0 saturated heterocycles. The first-order valence-corrected chi connectivity index (χ1v) is 6.88. The third-order valence-corrected chi connectivity index (χ3v) is 5.21. The monoisotopic (exact) mass is 226 g/mol. The Hall–Kier alpha value is -0.0800. The third kappa shape index (κ3) is 2.14. The van der Waals surface area contributed by atoms with E-state index in [9.17, 15) is 0 Å². The maximum absolute atomic E-state index is 6.15. The molecule has 1 aliphatic carbocycles. The van der Waals surface area contributed by atoms with Gasteiger partial charge in [-0.15, -0.1) is 0 Å². The van der Waals surface area contributed by atoms with Crippen LogP contribution in [-0.4, -0.2) is 29.6 Å². The van der Waals surface area contributed by atoms with Crippen LogP contribution in [0.5, 0.6) is 0 Å². The number of hydrogen-bond donors (Lipinski definition) is 1. The quantitative estimate of drug-likeness (QED) is 0.781. The van der Waals surface area contributed by atoms with Crippen molar-refractivity contribution in [3.05, 3.63) is 0 Å². The van der Waals surface area contributed by atoms with Gasteiger partial charge in [0.05, 0.1) is 0 Å². The predicted molar refractivity (Wildman–Crippen MR) is 71.6 cm³/mol. The number of rotatable bonds is 5. The number of likely N-dealkylation sites (N-methyl/N-ethyl adjacent to an activating group) is 1. The van der Waals surface area contributed by atoms with Gasteiger partial charge in [-0.05, 0) is 46.1 Å². The van der Waals surface area contributed by atoms with Crippen molar-refractivity contribution >= 4 is 0 Å². The Kier molecular flexibility index (Phi) is 4.42. The molecule has 0 aromatic heterocycles. The molecule has 2 unspecified atom stereocenters. The maximum atomic E-state index is 6.15. The van der Waals surface area contributed by atoms with Crippen LogP contribution in [-0.2, 0) is 0 Å². The van der Waals surface area contributed by atoms with Crippen LogP contribution in [0, 0.1) is 5.92 Å². The Bertz CT molecular complexity index is 225. The highest BCUT2D eigenvalue weighted by Gasteiger charge is 2.47. The second-order valence-electron chi connectivity index (χ2n) is 6.03. The van der Waals surface area contributed by atoms with Gasteiger partial charge in [0.15, 0.2) is 0 Å². The lowest BCUT2D eigenvalue weighted by atomic mass is 9.80. The lowest BCUT2D eigenvalue weighted by molar-refractivity contribution is -0.00318. The summed E-state index contributed by atoms with van der Waals surface area (Å²) in [7, 11) is 2.28. The van der Waals surface area contributed by atoms with Crippen LogP contribution < -0.4 is 5.73 Å². The zero-order valence-electron chi connectivity index (χ0n) is 11.8. The van der Waals surface area contributed by atoms with E-state index in [2.05, 4.69) is 39.6 Å². The first-order chi connectivity index (χ1) is 7.44. The van der Waals surface area contributed by atoms with Gasteiger partial charge in [-0.1, -0.05) is 26.7 Å². The molecular formula is C14H30N2. The average Bonchev–Trinajstić information content (AvgIpc) is 2.71. The van der Waals surface area contributed by atoms with E-state index in [4.69, 9.17) is 5.73 Å². The van der Waals surface area contributed by atoms with Crippen molar-refractivity contribution in [3.63, 3.8) is 0 Å². The SMILES string of the molecule is CCC1CCCC1(CN)N(C)C(C)(C)CC. The second-order valence-corrected chi connectivity index (χ2v) is 6.03. The Morgan fingerprint density at radius 1 is 1.38 bits per heavy atom. The highest BCUT2D eigenvalue weighted by molar-refractivity contribution is 5.04. The summed E-state index contributed by atoms with van der Waals surface area (Å²) in [5.74, 6) is 0.785. The van der Waals surface area contributed by atoms with E-state index in [1.807, 2.05) is 0 Å². The minimum Gasteiger partial charge on any atom is -0.329 e. The molecule has 2 N–H and O–H groups in total. The van der Waals surface area contributed by atoms with Gasteiger partial charge < -0.3 is 5.73 Å². The molecule has 0 amide bonds. The van der Waals surface area contributed by atoms with Crippen molar-refractivity contribution in [2.75, 3.05) is 13.6 Å². The van der Waals surface area contributed by atoms with Gasteiger partial charge in [-0.3, -0.25) is 4.90 Å². The van der Waals surface area contributed by atoms with Crippen LogP contribution >= 0.6 is 0 Å². The molecule has 1 fully saturated rings. The molecule has 1 saturated carbocycles. The highest BCUT2D eigenvalue weighted by Crippen LogP contribution is 2.44. The molecule has 0 aliphatic heterocycles. The van der Waals surface area contributed by atoms with E-state index >= 15 is 0 Å². The van der Waals surface area contributed by atoms with E-state index < -0.39 is 0 Å². The van der Waals surface area contributed by atoms with Crippen LogP contribution in [0.1, 0.15) is 59.8 Å². The first kappa shape index (κ1) is 14.0. The summed E-state index contributed by atoms with van der Waals surface area (Å²) in [6.45, 7) is 10.1. The lowest BCUT2D eigenvalue weighted by Gasteiger charge is -2.50. The van der Waals surface area contributed by atoms with Gasteiger partial charge in [0, 0.05) is 17.6 Å². The zero-order valence-corrected chi connectivity index (χ0v) is 11.8. The molecule has 0 spiro atoms. The van der Waals surface area contributed by atoms with E-state index in [1.165, 1.54) is 32.1 Å². The van der Waals surface area contributed by atoms with Crippen LogP contribution in [0.3, 0.4) is 0 Å². The van der Waals surface area contributed by atoms with Gasteiger partial charge in [-0.25, -0.2) is 0 Å². The van der Waals surface area contributed by atoms with Crippen molar-refractivity contribution in [1.29, 1.82) is 0 Å². The Labute approximate surface area is 102 Å². The minimum absolute atomic E-state index is 0.258. The largest absolute Gasteiger partial charge is 0.329 e. The summed E-state index contributed by atoms with van der Waals surface area (Å²) in [5.41, 5.74) is 6.66. The summed E-state index contributed by atoms with van der Waals surface area (Å²) in [4.78, 5) is 2.58.